The van der Waals surface area contributed by atoms with Gasteiger partial charge in [0.05, 0.1) is 4.92 Å². The number of aromatic amines is 1. The van der Waals surface area contributed by atoms with Gasteiger partial charge >= 0.3 is 5.97 Å². The third kappa shape index (κ3) is 4.78. The lowest BCUT2D eigenvalue weighted by Gasteiger charge is -2.20. The molecule has 1 heterocycles. The van der Waals surface area contributed by atoms with Crippen molar-refractivity contribution in [3.63, 3.8) is 0 Å². The Morgan fingerprint density at radius 1 is 1.21 bits per heavy atom. The van der Waals surface area contributed by atoms with Gasteiger partial charge < -0.3 is 15.0 Å². The molecule has 0 aliphatic heterocycles. The van der Waals surface area contributed by atoms with E-state index in [-0.39, 0.29) is 18.0 Å². The average Bonchev–Trinajstić information content (AvgIpc) is 3.10. The minimum atomic E-state index is -0.882. The number of nitrogens with one attached hydrogen (secondary N) is 2. The summed E-state index contributed by atoms with van der Waals surface area (Å²) in [6.07, 6.45) is 1.35. The van der Waals surface area contributed by atoms with Crippen LogP contribution < -0.4 is 5.32 Å². The van der Waals surface area contributed by atoms with Gasteiger partial charge in [-0.25, -0.2) is 4.79 Å². The van der Waals surface area contributed by atoms with E-state index in [1.165, 1.54) is 25.1 Å². The van der Waals surface area contributed by atoms with E-state index in [0.29, 0.717) is 5.56 Å². The number of hydrogen-bond acceptors (Lipinski definition) is 5. The Labute approximate surface area is 167 Å². The molecule has 3 aromatic rings. The molecule has 2 N–H and O–H groups in total. The van der Waals surface area contributed by atoms with Crippen LogP contribution in [0.3, 0.4) is 0 Å². The van der Waals surface area contributed by atoms with Crippen LogP contribution in [-0.2, 0) is 20.7 Å². The summed E-state index contributed by atoms with van der Waals surface area (Å²) in [5.41, 5.74) is 2.23. The summed E-state index contributed by atoms with van der Waals surface area (Å²) in [5.74, 6) is -0.959. The number of benzene rings is 2. The molecule has 29 heavy (non-hydrogen) atoms. The molecule has 0 aliphatic rings. The second kappa shape index (κ2) is 8.55. The number of nitro groups is 1. The number of para-hydroxylation sites is 1. The van der Waals surface area contributed by atoms with Crippen LogP contribution in [0.5, 0.6) is 0 Å². The predicted octanol–water partition coefficient (Wildman–Crippen LogP) is 3.43. The first-order valence-corrected chi connectivity index (χ1v) is 9.12. The van der Waals surface area contributed by atoms with Crippen molar-refractivity contribution in [2.45, 2.75) is 32.4 Å². The van der Waals surface area contributed by atoms with Gasteiger partial charge in [-0.15, -0.1) is 0 Å². The van der Waals surface area contributed by atoms with Gasteiger partial charge in [0.25, 0.3) is 5.69 Å². The molecule has 1 aromatic heterocycles. The number of carbonyl (C=O) groups excluding carboxylic acids is 2. The Hall–Kier alpha value is -3.68. The van der Waals surface area contributed by atoms with Gasteiger partial charge in [-0.2, -0.15) is 0 Å². The van der Waals surface area contributed by atoms with E-state index in [9.17, 15) is 19.7 Å². The number of H-pyrrole nitrogens is 1. The van der Waals surface area contributed by atoms with Crippen molar-refractivity contribution in [3.05, 3.63) is 76.0 Å². The molecule has 2 aromatic carbocycles. The third-order valence-corrected chi connectivity index (χ3v) is 4.60. The molecule has 150 valence electrons. The summed E-state index contributed by atoms with van der Waals surface area (Å²) in [6.45, 7) is 2.97. The highest BCUT2D eigenvalue weighted by atomic mass is 16.6. The lowest BCUT2D eigenvalue weighted by Crippen LogP contribution is -2.42. The van der Waals surface area contributed by atoms with Crippen LogP contribution in [0, 0.1) is 10.1 Å². The molecule has 0 saturated heterocycles. The van der Waals surface area contributed by atoms with Crippen LogP contribution in [0.15, 0.2) is 54.7 Å². The largest absolute Gasteiger partial charge is 0.456 e. The predicted molar refractivity (Wildman–Crippen MR) is 107 cm³/mol. The van der Waals surface area contributed by atoms with Crippen LogP contribution in [0.25, 0.3) is 10.9 Å². The van der Waals surface area contributed by atoms with Crippen molar-refractivity contribution in [2.24, 2.45) is 0 Å². The number of amides is 1. The number of non-ortho nitro benzene ring substituents is 1. The third-order valence-electron chi connectivity index (χ3n) is 4.60. The molecule has 0 radical (unpaired) electrons. The van der Waals surface area contributed by atoms with Crippen molar-refractivity contribution in [2.75, 3.05) is 0 Å². The van der Waals surface area contributed by atoms with Gasteiger partial charge in [-0.1, -0.05) is 30.3 Å². The second-order valence-electron chi connectivity index (χ2n) is 6.75. The van der Waals surface area contributed by atoms with Crippen LogP contribution >= 0.6 is 0 Å². The Morgan fingerprint density at radius 2 is 1.97 bits per heavy atom. The fourth-order valence-electron chi connectivity index (χ4n) is 3.17. The van der Waals surface area contributed by atoms with Crippen molar-refractivity contribution < 1.29 is 19.2 Å². The Balaban J connectivity index is 1.77. The van der Waals surface area contributed by atoms with Gasteiger partial charge in [-0.3, -0.25) is 14.9 Å². The van der Waals surface area contributed by atoms with E-state index in [1.54, 1.807) is 19.2 Å². The fourth-order valence-corrected chi connectivity index (χ4v) is 3.17. The maximum atomic E-state index is 12.8. The molecular weight excluding hydrogens is 374 g/mol. The number of ether oxygens (including phenoxy) is 1. The van der Waals surface area contributed by atoms with Crippen LogP contribution in [0.2, 0.25) is 0 Å². The van der Waals surface area contributed by atoms with Gasteiger partial charge in [-0.05, 0) is 24.1 Å². The highest BCUT2D eigenvalue weighted by molar-refractivity contribution is 5.86. The van der Waals surface area contributed by atoms with E-state index in [1.807, 2.05) is 24.3 Å². The standard InChI is InChI=1S/C21H21N3O5/c1-13(15-6-5-7-17(10-15)24(27)28)29-21(26)20(23-14(2)25)11-16-12-22-19-9-4-3-8-18(16)19/h3-10,12-13,20,22H,11H2,1-2H3,(H,23,25)/t13-,20-/m0/s1. The van der Waals surface area contributed by atoms with Crippen LogP contribution in [-0.4, -0.2) is 27.8 Å². The summed E-state index contributed by atoms with van der Waals surface area (Å²) < 4.78 is 5.51. The summed E-state index contributed by atoms with van der Waals surface area (Å²) in [6, 6.07) is 12.7. The summed E-state index contributed by atoms with van der Waals surface area (Å²) >= 11 is 0. The molecule has 0 spiro atoms. The molecule has 0 saturated carbocycles. The summed E-state index contributed by atoms with van der Waals surface area (Å²) in [7, 11) is 0. The SMILES string of the molecule is CC(=O)N[C@@H](Cc1c[nH]c2ccccc12)C(=O)O[C@@H](C)c1cccc([N+](=O)[O-])c1. The number of fused-ring (bicyclic) bond motifs is 1. The van der Waals surface area contributed by atoms with Crippen molar-refractivity contribution in [3.8, 4) is 0 Å². The molecular formula is C21H21N3O5. The Bertz CT molecular complexity index is 1060. The highest BCUT2D eigenvalue weighted by Crippen LogP contribution is 2.23. The van der Waals surface area contributed by atoms with Crippen LogP contribution in [0.1, 0.15) is 31.1 Å². The minimum Gasteiger partial charge on any atom is -0.456 e. The zero-order valence-corrected chi connectivity index (χ0v) is 16.0. The van der Waals surface area contributed by atoms with E-state index in [0.717, 1.165) is 16.5 Å². The monoisotopic (exact) mass is 395 g/mol. The molecule has 3 rings (SSSR count). The molecule has 8 nitrogen and oxygen atoms in total. The molecule has 0 fully saturated rings. The van der Waals surface area contributed by atoms with E-state index in [4.69, 9.17) is 4.74 Å². The fraction of sp³-hybridized carbons (Fsp3) is 0.238. The number of esters is 1. The molecule has 0 aliphatic carbocycles. The first-order valence-electron chi connectivity index (χ1n) is 9.12. The molecule has 8 heteroatoms. The zero-order chi connectivity index (χ0) is 21.0. The van der Waals surface area contributed by atoms with Crippen LogP contribution in [0.4, 0.5) is 5.69 Å². The Morgan fingerprint density at radius 3 is 2.69 bits per heavy atom. The lowest BCUT2D eigenvalue weighted by atomic mass is 10.0. The van der Waals surface area contributed by atoms with Gasteiger partial charge in [0.15, 0.2) is 0 Å². The number of rotatable bonds is 7. The molecule has 2 atom stereocenters. The van der Waals surface area contributed by atoms with E-state index in [2.05, 4.69) is 10.3 Å². The zero-order valence-electron chi connectivity index (χ0n) is 16.0. The topological polar surface area (TPSA) is 114 Å². The second-order valence-corrected chi connectivity index (χ2v) is 6.75. The van der Waals surface area contributed by atoms with Crippen molar-refractivity contribution in [1.29, 1.82) is 0 Å². The summed E-state index contributed by atoms with van der Waals surface area (Å²) in [4.78, 5) is 38.0. The van der Waals surface area contributed by atoms with E-state index < -0.39 is 23.0 Å². The molecule has 1 amide bonds. The smallest absolute Gasteiger partial charge is 0.329 e. The van der Waals surface area contributed by atoms with Gasteiger partial charge in [0.1, 0.15) is 12.1 Å². The molecule has 0 bridgehead atoms. The Kier molecular flexibility index (Phi) is 5.92. The number of hydrogen-bond donors (Lipinski definition) is 2. The number of aromatic nitrogens is 1. The number of nitro benzene ring substituents is 1. The summed E-state index contributed by atoms with van der Waals surface area (Å²) in [5, 5.41) is 14.6. The minimum absolute atomic E-state index is 0.0809. The average molecular weight is 395 g/mol. The normalized spacial score (nSPS) is 12.9. The maximum absolute atomic E-state index is 12.8. The van der Waals surface area contributed by atoms with Gasteiger partial charge in [0, 0.05) is 42.6 Å². The number of carbonyl (C=O) groups is 2. The quantitative estimate of drug-likeness (QED) is 0.361. The van der Waals surface area contributed by atoms with Crippen molar-refractivity contribution >= 4 is 28.5 Å². The van der Waals surface area contributed by atoms with Crippen molar-refractivity contribution in [1.82, 2.24) is 10.3 Å². The van der Waals surface area contributed by atoms with E-state index >= 15 is 0 Å². The first kappa shape index (κ1) is 20.1. The van der Waals surface area contributed by atoms with Gasteiger partial charge in [0.2, 0.25) is 5.91 Å². The number of nitrogens with zero attached hydrogens (tertiary/aromatic N) is 1. The maximum Gasteiger partial charge on any atom is 0.329 e. The highest BCUT2D eigenvalue weighted by Gasteiger charge is 2.25. The molecule has 0 unspecified atom stereocenters. The first-order chi connectivity index (χ1) is 13.8. The lowest BCUT2D eigenvalue weighted by molar-refractivity contribution is -0.385.